The van der Waals surface area contributed by atoms with Crippen LogP contribution in [0.2, 0.25) is 0 Å². The largest absolute Gasteiger partial charge is 0.452 e. The highest BCUT2D eigenvalue weighted by Gasteiger charge is 2.17. The SMILES string of the molecule is CC[S@@](=O)c1ccccc1C(=O)OCC(=O)Nc1ccc(-c2ccccc2)cc1. The Hall–Kier alpha value is -3.25. The molecular formula is C23H21NO4S. The van der Waals surface area contributed by atoms with Crippen LogP contribution in [0.4, 0.5) is 5.69 Å². The van der Waals surface area contributed by atoms with E-state index >= 15 is 0 Å². The van der Waals surface area contributed by atoms with E-state index < -0.39 is 29.3 Å². The summed E-state index contributed by atoms with van der Waals surface area (Å²) in [6, 6.07) is 23.9. The van der Waals surface area contributed by atoms with Crippen LogP contribution < -0.4 is 5.32 Å². The second-order valence-electron chi connectivity index (χ2n) is 6.20. The highest BCUT2D eigenvalue weighted by Crippen LogP contribution is 2.21. The van der Waals surface area contributed by atoms with Gasteiger partial charge in [0.25, 0.3) is 5.91 Å². The summed E-state index contributed by atoms with van der Waals surface area (Å²) in [6.07, 6.45) is 0. The molecule has 0 saturated carbocycles. The fraction of sp³-hybridized carbons (Fsp3) is 0.130. The molecule has 0 aliphatic rings. The summed E-state index contributed by atoms with van der Waals surface area (Å²) in [5, 5.41) is 2.70. The van der Waals surface area contributed by atoms with Crippen LogP contribution in [0.1, 0.15) is 17.3 Å². The van der Waals surface area contributed by atoms with Gasteiger partial charge in [0.1, 0.15) is 0 Å². The van der Waals surface area contributed by atoms with Gasteiger partial charge in [-0.1, -0.05) is 61.5 Å². The molecule has 0 heterocycles. The van der Waals surface area contributed by atoms with Crippen LogP contribution in [0.3, 0.4) is 0 Å². The maximum atomic E-state index is 12.3. The molecule has 1 amide bonds. The van der Waals surface area contributed by atoms with Crippen molar-refractivity contribution in [1.82, 2.24) is 0 Å². The predicted molar refractivity (Wildman–Crippen MR) is 114 cm³/mol. The maximum Gasteiger partial charge on any atom is 0.339 e. The van der Waals surface area contributed by atoms with Crippen molar-refractivity contribution in [2.45, 2.75) is 11.8 Å². The van der Waals surface area contributed by atoms with Gasteiger partial charge in [0.15, 0.2) is 6.61 Å². The topological polar surface area (TPSA) is 72.5 Å². The number of rotatable bonds is 7. The van der Waals surface area contributed by atoms with Gasteiger partial charge >= 0.3 is 5.97 Å². The Morgan fingerprint density at radius 1 is 0.862 bits per heavy atom. The second kappa shape index (κ2) is 9.80. The van der Waals surface area contributed by atoms with Gasteiger partial charge in [-0.05, 0) is 35.4 Å². The third-order valence-corrected chi connectivity index (χ3v) is 5.60. The minimum Gasteiger partial charge on any atom is -0.452 e. The molecule has 3 aromatic carbocycles. The molecule has 0 aromatic heterocycles. The van der Waals surface area contributed by atoms with E-state index in [2.05, 4.69) is 5.32 Å². The van der Waals surface area contributed by atoms with Crippen molar-refractivity contribution in [1.29, 1.82) is 0 Å². The Kier molecular flexibility index (Phi) is 6.92. The molecule has 0 saturated heterocycles. The molecule has 0 aliphatic heterocycles. The monoisotopic (exact) mass is 407 g/mol. The molecule has 6 heteroatoms. The van der Waals surface area contributed by atoms with Crippen molar-refractivity contribution in [3.8, 4) is 11.1 Å². The Morgan fingerprint density at radius 2 is 1.48 bits per heavy atom. The van der Waals surface area contributed by atoms with Crippen LogP contribution in [0.15, 0.2) is 83.8 Å². The molecule has 0 radical (unpaired) electrons. The van der Waals surface area contributed by atoms with Crippen molar-refractivity contribution in [3.05, 3.63) is 84.4 Å². The van der Waals surface area contributed by atoms with Crippen LogP contribution in [0, 0.1) is 0 Å². The predicted octanol–water partition coefficient (Wildman–Crippen LogP) is 4.28. The Balaban J connectivity index is 1.58. The lowest BCUT2D eigenvalue weighted by atomic mass is 10.1. The van der Waals surface area contributed by atoms with E-state index in [1.165, 1.54) is 0 Å². The Morgan fingerprint density at radius 3 is 2.17 bits per heavy atom. The van der Waals surface area contributed by atoms with Gasteiger partial charge in [0.2, 0.25) is 0 Å². The number of anilines is 1. The summed E-state index contributed by atoms with van der Waals surface area (Å²) in [5.41, 5.74) is 2.95. The van der Waals surface area contributed by atoms with Crippen molar-refractivity contribution in [2.24, 2.45) is 0 Å². The van der Waals surface area contributed by atoms with Gasteiger partial charge < -0.3 is 10.1 Å². The fourth-order valence-electron chi connectivity index (χ4n) is 2.77. The number of amides is 1. The standard InChI is InChI=1S/C23H21NO4S/c1-2-29(27)21-11-7-6-10-20(21)23(26)28-16-22(25)24-19-14-12-18(13-15-19)17-8-4-3-5-9-17/h3-15H,2,16H2,1H3,(H,24,25)/t29-/m1/s1. The van der Waals surface area contributed by atoms with Gasteiger partial charge in [-0.2, -0.15) is 0 Å². The highest BCUT2D eigenvalue weighted by atomic mass is 32.2. The molecule has 0 spiro atoms. The minimum atomic E-state index is -1.29. The molecule has 29 heavy (non-hydrogen) atoms. The first kappa shape index (κ1) is 20.5. The molecular weight excluding hydrogens is 386 g/mol. The van der Waals surface area contributed by atoms with E-state index in [0.717, 1.165) is 11.1 Å². The summed E-state index contributed by atoms with van der Waals surface area (Å²) in [6.45, 7) is 1.35. The van der Waals surface area contributed by atoms with Crippen LogP contribution >= 0.6 is 0 Å². The quantitative estimate of drug-likeness (QED) is 0.594. The van der Waals surface area contributed by atoms with Gasteiger partial charge in [0, 0.05) is 11.4 Å². The normalized spacial score (nSPS) is 11.5. The fourth-order valence-corrected chi connectivity index (χ4v) is 3.71. The van der Waals surface area contributed by atoms with Crippen LogP contribution in [-0.2, 0) is 20.3 Å². The highest BCUT2D eigenvalue weighted by molar-refractivity contribution is 7.85. The van der Waals surface area contributed by atoms with E-state index in [0.29, 0.717) is 16.3 Å². The average molecular weight is 407 g/mol. The smallest absolute Gasteiger partial charge is 0.339 e. The number of hydrogen-bond acceptors (Lipinski definition) is 4. The van der Waals surface area contributed by atoms with Crippen LogP contribution in [0.5, 0.6) is 0 Å². The summed E-state index contributed by atoms with van der Waals surface area (Å²) in [7, 11) is -1.29. The molecule has 3 rings (SSSR count). The zero-order valence-electron chi connectivity index (χ0n) is 16.0. The third-order valence-electron chi connectivity index (χ3n) is 4.22. The van der Waals surface area contributed by atoms with Crippen molar-refractivity contribution >= 4 is 28.4 Å². The lowest BCUT2D eigenvalue weighted by Crippen LogP contribution is -2.21. The number of esters is 1. The number of carbonyl (C=O) groups excluding carboxylic acids is 2. The molecule has 1 N–H and O–H groups in total. The van der Waals surface area contributed by atoms with Crippen molar-refractivity contribution in [2.75, 3.05) is 17.7 Å². The zero-order chi connectivity index (χ0) is 20.6. The summed E-state index contributed by atoms with van der Waals surface area (Å²) in [5.74, 6) is -0.721. The lowest BCUT2D eigenvalue weighted by molar-refractivity contribution is -0.119. The number of benzene rings is 3. The maximum absolute atomic E-state index is 12.3. The molecule has 0 unspecified atom stereocenters. The van der Waals surface area contributed by atoms with Crippen molar-refractivity contribution in [3.63, 3.8) is 0 Å². The molecule has 1 atom stereocenters. The van der Waals surface area contributed by atoms with E-state index in [1.807, 2.05) is 42.5 Å². The summed E-state index contributed by atoms with van der Waals surface area (Å²) in [4.78, 5) is 24.9. The first-order valence-electron chi connectivity index (χ1n) is 9.18. The number of nitrogens with one attached hydrogen (secondary N) is 1. The Bertz CT molecular complexity index is 1020. The van der Waals surface area contributed by atoms with Gasteiger partial charge in [-0.15, -0.1) is 0 Å². The third kappa shape index (κ3) is 5.39. The van der Waals surface area contributed by atoms with Gasteiger partial charge in [-0.3, -0.25) is 9.00 Å². The molecule has 5 nitrogen and oxygen atoms in total. The molecule has 0 aliphatic carbocycles. The number of hydrogen-bond donors (Lipinski definition) is 1. The van der Waals surface area contributed by atoms with Crippen molar-refractivity contribution < 1.29 is 18.5 Å². The first-order valence-corrected chi connectivity index (χ1v) is 10.5. The zero-order valence-corrected chi connectivity index (χ0v) is 16.8. The lowest BCUT2D eigenvalue weighted by Gasteiger charge is -2.10. The number of carbonyl (C=O) groups is 2. The Labute approximate surface area is 172 Å². The van der Waals surface area contributed by atoms with E-state index in [-0.39, 0.29) is 5.56 Å². The van der Waals surface area contributed by atoms with E-state index in [4.69, 9.17) is 4.74 Å². The van der Waals surface area contributed by atoms with Crippen LogP contribution in [-0.4, -0.2) is 28.4 Å². The molecule has 148 valence electrons. The molecule has 3 aromatic rings. The molecule has 0 bridgehead atoms. The minimum absolute atomic E-state index is 0.215. The van der Waals surface area contributed by atoms with Gasteiger partial charge in [-0.25, -0.2) is 4.79 Å². The van der Waals surface area contributed by atoms with E-state index in [9.17, 15) is 13.8 Å². The number of ether oxygens (including phenoxy) is 1. The average Bonchev–Trinajstić information content (AvgIpc) is 2.78. The van der Waals surface area contributed by atoms with Gasteiger partial charge in [0.05, 0.1) is 21.3 Å². The first-order chi connectivity index (χ1) is 14.1. The summed E-state index contributed by atoms with van der Waals surface area (Å²) >= 11 is 0. The molecule has 0 fully saturated rings. The van der Waals surface area contributed by atoms with E-state index in [1.54, 1.807) is 43.3 Å². The summed E-state index contributed by atoms with van der Waals surface area (Å²) < 4.78 is 17.2. The second-order valence-corrected chi connectivity index (χ2v) is 7.91. The van der Waals surface area contributed by atoms with Crippen LogP contribution in [0.25, 0.3) is 11.1 Å².